The SMILES string of the molecule is CCn1cc(S(=O)(=O)NCC(C)Cn2nc(C(F)(F)F)cc2C2CC2)c(C)n1. The second-order valence-electron chi connectivity index (χ2n) is 7.30. The maximum Gasteiger partial charge on any atom is 0.435 e. The normalized spacial score (nSPS) is 16.5. The number of nitrogens with one attached hydrogen (secondary N) is 1. The molecule has 0 aliphatic heterocycles. The fraction of sp³-hybridized carbons (Fsp3) is 0.647. The number of sulfonamides is 1. The van der Waals surface area contributed by atoms with E-state index in [1.165, 1.54) is 15.6 Å². The Labute approximate surface area is 162 Å². The predicted molar refractivity (Wildman–Crippen MR) is 96.2 cm³/mol. The van der Waals surface area contributed by atoms with Gasteiger partial charge in [0.05, 0.1) is 5.69 Å². The smallest absolute Gasteiger partial charge is 0.271 e. The Hall–Kier alpha value is -1.88. The Balaban J connectivity index is 1.68. The number of hydrogen-bond donors (Lipinski definition) is 1. The molecule has 1 unspecified atom stereocenters. The van der Waals surface area contributed by atoms with Crippen molar-refractivity contribution in [2.24, 2.45) is 5.92 Å². The van der Waals surface area contributed by atoms with Crippen molar-refractivity contribution in [3.05, 3.63) is 29.3 Å². The van der Waals surface area contributed by atoms with Crippen LogP contribution in [0, 0.1) is 12.8 Å². The number of rotatable bonds is 8. The third kappa shape index (κ3) is 4.57. The van der Waals surface area contributed by atoms with E-state index in [9.17, 15) is 21.6 Å². The Morgan fingerprint density at radius 1 is 1.32 bits per heavy atom. The van der Waals surface area contributed by atoms with Crippen molar-refractivity contribution in [3.8, 4) is 0 Å². The van der Waals surface area contributed by atoms with Crippen molar-refractivity contribution < 1.29 is 21.6 Å². The van der Waals surface area contributed by atoms with Crippen LogP contribution >= 0.6 is 0 Å². The van der Waals surface area contributed by atoms with E-state index in [-0.39, 0.29) is 29.8 Å². The fourth-order valence-corrected chi connectivity index (χ4v) is 4.39. The van der Waals surface area contributed by atoms with Gasteiger partial charge in [0, 0.05) is 37.4 Å². The van der Waals surface area contributed by atoms with Gasteiger partial charge in [0.1, 0.15) is 4.90 Å². The van der Waals surface area contributed by atoms with E-state index in [0.29, 0.717) is 17.9 Å². The summed E-state index contributed by atoms with van der Waals surface area (Å²) in [4.78, 5) is 0.110. The highest BCUT2D eigenvalue weighted by Crippen LogP contribution is 2.42. The van der Waals surface area contributed by atoms with Crippen molar-refractivity contribution >= 4 is 10.0 Å². The van der Waals surface area contributed by atoms with Gasteiger partial charge in [0.15, 0.2) is 5.69 Å². The largest absolute Gasteiger partial charge is 0.435 e. The first-order valence-corrected chi connectivity index (χ1v) is 10.7. The lowest BCUT2D eigenvalue weighted by Gasteiger charge is -2.15. The fourth-order valence-electron chi connectivity index (χ4n) is 3.04. The van der Waals surface area contributed by atoms with Crippen LogP contribution in [0.3, 0.4) is 0 Å². The van der Waals surface area contributed by atoms with E-state index >= 15 is 0 Å². The molecule has 1 N–H and O–H groups in total. The molecular formula is C17H24F3N5O2S. The molecule has 3 rings (SSSR count). The number of aromatic nitrogens is 4. The molecule has 0 amide bonds. The maximum absolute atomic E-state index is 13.0. The zero-order chi connectivity index (χ0) is 20.7. The molecule has 2 aromatic rings. The van der Waals surface area contributed by atoms with Gasteiger partial charge in [-0.1, -0.05) is 6.92 Å². The molecule has 156 valence electrons. The summed E-state index contributed by atoms with van der Waals surface area (Å²) in [6.45, 7) is 6.10. The van der Waals surface area contributed by atoms with Crippen LogP contribution in [0.4, 0.5) is 13.2 Å². The molecule has 1 aliphatic carbocycles. The molecule has 0 bridgehead atoms. The summed E-state index contributed by atoms with van der Waals surface area (Å²) in [7, 11) is -3.74. The summed E-state index contributed by atoms with van der Waals surface area (Å²) in [6.07, 6.45) is -1.32. The van der Waals surface area contributed by atoms with Crippen molar-refractivity contribution in [3.63, 3.8) is 0 Å². The standard InChI is InChI=1S/C17H24F3N5O2S/c1-4-24-10-15(12(3)22-24)28(26,27)21-8-11(2)9-25-14(13-5-6-13)7-16(23-25)17(18,19)20/h7,10-11,13,21H,4-6,8-9H2,1-3H3. The minimum Gasteiger partial charge on any atom is -0.271 e. The summed E-state index contributed by atoms with van der Waals surface area (Å²) in [5, 5.41) is 7.85. The van der Waals surface area contributed by atoms with E-state index in [1.807, 2.05) is 6.92 Å². The molecule has 0 radical (unpaired) electrons. The van der Waals surface area contributed by atoms with Crippen molar-refractivity contribution in [2.45, 2.75) is 63.7 Å². The maximum atomic E-state index is 13.0. The lowest BCUT2D eigenvalue weighted by Crippen LogP contribution is -2.30. The summed E-state index contributed by atoms with van der Waals surface area (Å²) in [5.41, 5.74) is 0.0757. The monoisotopic (exact) mass is 419 g/mol. The molecule has 11 heteroatoms. The van der Waals surface area contributed by atoms with E-state index in [1.54, 1.807) is 13.8 Å². The average molecular weight is 419 g/mol. The highest BCUT2D eigenvalue weighted by molar-refractivity contribution is 7.89. The van der Waals surface area contributed by atoms with Gasteiger partial charge in [-0.2, -0.15) is 23.4 Å². The molecule has 1 saturated carbocycles. The van der Waals surface area contributed by atoms with Crippen molar-refractivity contribution in [1.82, 2.24) is 24.3 Å². The molecule has 7 nitrogen and oxygen atoms in total. The summed E-state index contributed by atoms with van der Waals surface area (Å²) >= 11 is 0. The topological polar surface area (TPSA) is 81.8 Å². The van der Waals surface area contributed by atoms with Gasteiger partial charge in [-0.05, 0) is 38.7 Å². The summed E-state index contributed by atoms with van der Waals surface area (Å²) in [5.74, 6) is -0.134. The van der Waals surface area contributed by atoms with Gasteiger partial charge in [-0.15, -0.1) is 0 Å². The molecule has 28 heavy (non-hydrogen) atoms. The minimum absolute atomic E-state index is 0.0877. The molecule has 0 saturated heterocycles. The molecule has 2 aromatic heterocycles. The van der Waals surface area contributed by atoms with Crippen LogP contribution in [0.1, 0.15) is 49.7 Å². The first-order chi connectivity index (χ1) is 13.0. The number of alkyl halides is 3. The number of hydrogen-bond acceptors (Lipinski definition) is 4. The highest BCUT2D eigenvalue weighted by Gasteiger charge is 2.38. The summed E-state index contributed by atoms with van der Waals surface area (Å²) in [6, 6.07) is 1.11. The van der Waals surface area contributed by atoms with Gasteiger partial charge in [0.2, 0.25) is 10.0 Å². The average Bonchev–Trinajstić information content (AvgIpc) is 3.23. The first-order valence-electron chi connectivity index (χ1n) is 9.20. The Kier molecular flexibility index (Phi) is 5.59. The molecule has 1 atom stereocenters. The van der Waals surface area contributed by atoms with Crippen LogP contribution in [0.25, 0.3) is 0 Å². The Morgan fingerprint density at radius 2 is 2.00 bits per heavy atom. The first kappa shape index (κ1) is 20.8. The number of aryl methyl sites for hydroxylation is 2. The van der Waals surface area contributed by atoms with Crippen LogP contribution in [-0.2, 0) is 29.3 Å². The Bertz CT molecular complexity index is 945. The minimum atomic E-state index is -4.49. The van der Waals surface area contributed by atoms with E-state index in [4.69, 9.17) is 0 Å². The van der Waals surface area contributed by atoms with Gasteiger partial charge < -0.3 is 0 Å². The van der Waals surface area contributed by atoms with E-state index in [0.717, 1.165) is 18.9 Å². The van der Waals surface area contributed by atoms with Crippen LogP contribution in [0.15, 0.2) is 17.2 Å². The third-order valence-electron chi connectivity index (χ3n) is 4.72. The van der Waals surface area contributed by atoms with Crippen molar-refractivity contribution in [2.75, 3.05) is 6.54 Å². The number of halogens is 3. The molecule has 1 fully saturated rings. The molecular weight excluding hydrogens is 395 g/mol. The van der Waals surface area contributed by atoms with Gasteiger partial charge >= 0.3 is 6.18 Å². The Morgan fingerprint density at radius 3 is 2.54 bits per heavy atom. The molecule has 0 spiro atoms. The zero-order valence-corrected chi connectivity index (χ0v) is 16.8. The van der Waals surface area contributed by atoms with Crippen molar-refractivity contribution in [1.29, 1.82) is 0 Å². The van der Waals surface area contributed by atoms with Gasteiger partial charge in [-0.3, -0.25) is 9.36 Å². The highest BCUT2D eigenvalue weighted by atomic mass is 32.2. The van der Waals surface area contributed by atoms with Crippen LogP contribution in [0.5, 0.6) is 0 Å². The molecule has 0 aromatic carbocycles. The van der Waals surface area contributed by atoms with Crippen LogP contribution in [0.2, 0.25) is 0 Å². The second-order valence-corrected chi connectivity index (χ2v) is 9.04. The zero-order valence-electron chi connectivity index (χ0n) is 16.0. The second kappa shape index (κ2) is 7.51. The van der Waals surface area contributed by atoms with E-state index in [2.05, 4.69) is 14.9 Å². The van der Waals surface area contributed by atoms with Gasteiger partial charge in [-0.25, -0.2) is 13.1 Å². The van der Waals surface area contributed by atoms with Crippen LogP contribution < -0.4 is 4.72 Å². The molecule has 2 heterocycles. The van der Waals surface area contributed by atoms with E-state index < -0.39 is 21.9 Å². The number of nitrogens with zero attached hydrogens (tertiary/aromatic N) is 4. The molecule has 1 aliphatic rings. The predicted octanol–water partition coefficient (Wildman–Crippen LogP) is 2.92. The third-order valence-corrected chi connectivity index (χ3v) is 6.24. The van der Waals surface area contributed by atoms with Gasteiger partial charge in [0.25, 0.3) is 0 Å². The van der Waals surface area contributed by atoms with Crippen LogP contribution in [-0.4, -0.2) is 34.5 Å². The quantitative estimate of drug-likeness (QED) is 0.713. The lowest BCUT2D eigenvalue weighted by atomic mass is 10.2. The summed E-state index contributed by atoms with van der Waals surface area (Å²) < 4.78 is 69.5. The lowest BCUT2D eigenvalue weighted by molar-refractivity contribution is -0.141.